The number of halogens is 7. The third kappa shape index (κ3) is 23.2. The third-order valence-electron chi connectivity index (χ3n) is 23.1. The van der Waals surface area contributed by atoms with E-state index in [-0.39, 0.29) is 63.0 Å². The second kappa shape index (κ2) is 40.5. The summed E-state index contributed by atoms with van der Waals surface area (Å²) < 4.78 is 106. The molecule has 0 aromatic heterocycles. The molecule has 5 aliphatic rings. The van der Waals surface area contributed by atoms with Crippen molar-refractivity contribution in [2.24, 2.45) is 17.8 Å². The number of likely N-dealkylation sites (N-methyl/N-ethyl adjacent to an activating group) is 7. The predicted molar refractivity (Wildman–Crippen MR) is 398 cm³/mol. The van der Waals surface area contributed by atoms with Crippen LogP contribution in [0.3, 0.4) is 0 Å². The van der Waals surface area contributed by atoms with Crippen molar-refractivity contribution in [1.29, 1.82) is 0 Å². The van der Waals surface area contributed by atoms with Crippen molar-refractivity contribution >= 4 is 65.0 Å². The Kier molecular flexibility index (Phi) is 32.8. The number of rotatable bonds is 16. The van der Waals surface area contributed by atoms with E-state index < -0.39 is 218 Å². The van der Waals surface area contributed by atoms with Gasteiger partial charge in [0.25, 0.3) is 6.43 Å². The summed E-state index contributed by atoms with van der Waals surface area (Å²) in [5.74, 6) is -13.5. The van der Waals surface area contributed by atoms with Crippen LogP contribution >= 0.6 is 0 Å². The fourth-order valence-electron chi connectivity index (χ4n) is 16.0. The quantitative estimate of drug-likeness (QED) is 0.0908. The molecule has 11 atom stereocenters. The number of hydrogen-bond donors (Lipinski definition) is 5. The molecule has 11 amide bonds. The van der Waals surface area contributed by atoms with Crippen LogP contribution in [0.5, 0.6) is 0 Å². The molecule has 32 heteroatoms. The second-order valence-corrected chi connectivity index (χ2v) is 31.3. The fourth-order valence-corrected chi connectivity index (χ4v) is 16.0. The number of carbonyl (C=O) groups is 11. The highest BCUT2D eigenvalue weighted by molar-refractivity contribution is 6.00. The van der Waals surface area contributed by atoms with Crippen LogP contribution in [0, 0.1) is 36.3 Å². The molecule has 2 aromatic rings. The smallest absolute Gasteiger partial charge is 0.391 e. The molecule has 3 aliphatic carbocycles. The van der Waals surface area contributed by atoms with Gasteiger partial charge in [0.15, 0.2) is 0 Å². The van der Waals surface area contributed by atoms with Gasteiger partial charge in [-0.05, 0) is 138 Å². The maximum absolute atomic E-state index is 15.6. The number of alkyl halides is 5. The van der Waals surface area contributed by atoms with Crippen LogP contribution in [0.4, 0.5) is 30.7 Å². The first kappa shape index (κ1) is 89.9. The Labute approximate surface area is 646 Å². The number of benzene rings is 2. The van der Waals surface area contributed by atoms with E-state index in [1.165, 1.54) is 80.9 Å². The largest absolute Gasteiger partial charge is 0.422 e. The molecule has 0 bridgehead atoms. The monoisotopic (exact) mass is 1570 g/mol. The highest BCUT2D eigenvalue weighted by Crippen LogP contribution is 2.40. The van der Waals surface area contributed by atoms with Crippen molar-refractivity contribution in [1.82, 2.24) is 60.5 Å². The normalized spacial score (nSPS) is 26.4. The molecular weight excluding hydrogens is 1460 g/mol. The Morgan fingerprint density at radius 1 is 0.703 bits per heavy atom. The zero-order chi connectivity index (χ0) is 82.1. The summed E-state index contributed by atoms with van der Waals surface area (Å²) in [6.45, 7) is 4.54. The van der Waals surface area contributed by atoms with Gasteiger partial charge in [-0.25, -0.2) is 17.6 Å². The Morgan fingerprint density at radius 3 is 1.90 bits per heavy atom. The number of aliphatic hydroxyl groups is 1. The predicted octanol–water partition coefficient (Wildman–Crippen LogP) is 6.33. The molecule has 0 radical (unpaired) electrons. The van der Waals surface area contributed by atoms with Crippen LogP contribution in [0.25, 0.3) is 0 Å². The Morgan fingerprint density at radius 2 is 1.32 bits per heavy atom. The summed E-state index contributed by atoms with van der Waals surface area (Å²) in [4.78, 5) is 174. The summed E-state index contributed by atoms with van der Waals surface area (Å²) in [5.41, 5.74) is -2.75. The van der Waals surface area contributed by atoms with E-state index in [1.54, 1.807) is 26.0 Å². The summed E-state index contributed by atoms with van der Waals surface area (Å²) in [7, 11) is 11.2. The minimum absolute atomic E-state index is 0.0141. The first-order chi connectivity index (χ1) is 52.3. The van der Waals surface area contributed by atoms with E-state index in [4.69, 9.17) is 4.74 Å². The average Bonchev–Trinajstić information content (AvgIpc) is 1.72. The van der Waals surface area contributed by atoms with Gasteiger partial charge in [0.05, 0.1) is 43.8 Å². The van der Waals surface area contributed by atoms with E-state index in [1.807, 2.05) is 38.1 Å². The van der Waals surface area contributed by atoms with Crippen LogP contribution in [-0.4, -0.2) is 271 Å². The molecule has 2 aliphatic heterocycles. The van der Waals surface area contributed by atoms with E-state index in [0.717, 1.165) is 51.5 Å². The minimum Gasteiger partial charge on any atom is -0.391 e. The number of amides is 11. The maximum Gasteiger partial charge on any atom is 0.422 e. The zero-order valence-electron chi connectivity index (χ0n) is 66.2. The van der Waals surface area contributed by atoms with Crippen LogP contribution in [0.15, 0.2) is 48.6 Å². The van der Waals surface area contributed by atoms with Gasteiger partial charge in [-0.3, -0.25) is 52.7 Å². The molecule has 7 rings (SSSR count). The minimum atomic E-state index is -5.44. The van der Waals surface area contributed by atoms with Crippen molar-refractivity contribution in [3.63, 3.8) is 0 Å². The topological polar surface area (TPSA) is 291 Å². The Hall–Kier alpha value is -8.26. The lowest BCUT2D eigenvalue weighted by Crippen LogP contribution is -2.69. The standard InChI is InChI=1S/C79H115F7N12O13/c1-13-48(4)67-75(108)93(8)45-65(102)94(9)57(60(99)14-2)27-16-15-21-37-87-56(41-50-30-28-47(3)29-31-50)72(105)92(7)44-63(100)88-55(33-32-51-39-53(80)66(54(81)40-51)79(84,85)86)73(106)98-38-34-61(111-46-62(82)83)69(98)71(104)90-78(35-22-36-78)77(110)97(12)68(52-25-19-20-26-52)76(109)96(11)59(74(107)91(5)6)43-64(101)95(10)58(70(103)89-67)42-49-23-17-18-24-49/h15-16,28-31,39-40,48-49,52,55-62,67-69,87,99H,13-14,17-27,32-38,41-46H2,1-12H3,(H,88,100)(H,89,103)(H,90,104)/b16-15-/t48-,55-,56-,57-,58-,59-,60?,61-,67-,68-,69-/m0/s1. The molecule has 1 saturated heterocycles. The molecule has 1 unspecified atom stereocenters. The van der Waals surface area contributed by atoms with Gasteiger partial charge in [0, 0.05) is 62.9 Å². The number of carbonyl (C=O) groups excluding carboxylic acids is 11. The van der Waals surface area contributed by atoms with Crippen molar-refractivity contribution < 1.29 is 93.3 Å². The summed E-state index contributed by atoms with van der Waals surface area (Å²) in [5, 5.41) is 22.9. The number of aliphatic hydroxyl groups excluding tert-OH is 1. The van der Waals surface area contributed by atoms with Crippen LogP contribution in [-0.2, 0) is 76.5 Å². The molecule has 25 nitrogen and oxygen atoms in total. The van der Waals surface area contributed by atoms with Crippen molar-refractivity contribution in [2.75, 3.05) is 89.2 Å². The SMILES string of the molecule is CCC(O)[C@@H]1C/C=C\CCN[C@@H](Cc2ccc(C)cc2)C(=O)N(C)CC(=O)N[C@@H](CCc2cc(F)c(C(F)(F)F)c(F)c2)C(=O)N2CC[C@H](OCC(F)F)[C@H]2C(=O)NC2(CCC2)C(=O)N(C)[C@@H](C2CCCC2)C(=O)N(C)[C@H](C(=O)N(C)C)CC(=O)N(C)[C@@H](CC2CCCC2)C(=O)N[C@@H]([C@@H](C)CC)C(=O)N(C)CC(=O)N1C. The van der Waals surface area contributed by atoms with Crippen LogP contribution in [0.2, 0.25) is 0 Å². The molecule has 3 saturated carbocycles. The van der Waals surface area contributed by atoms with Gasteiger partial charge in [-0.1, -0.05) is 108 Å². The first-order valence-electron chi connectivity index (χ1n) is 38.9. The van der Waals surface area contributed by atoms with Crippen LogP contribution in [0.1, 0.15) is 165 Å². The lowest BCUT2D eigenvalue weighted by molar-refractivity contribution is -0.158. The molecule has 4 fully saturated rings. The molecule has 2 aromatic carbocycles. The van der Waals surface area contributed by atoms with E-state index >= 15 is 37.5 Å². The number of fused-ring (bicyclic) bond motifs is 1. The zero-order valence-corrected chi connectivity index (χ0v) is 66.2. The van der Waals surface area contributed by atoms with E-state index in [0.29, 0.717) is 57.1 Å². The summed E-state index contributed by atoms with van der Waals surface area (Å²) >= 11 is 0. The molecule has 5 N–H and O–H groups in total. The lowest BCUT2D eigenvalue weighted by Gasteiger charge is -2.47. The number of aryl methyl sites for hydroxylation is 2. The van der Waals surface area contributed by atoms with Gasteiger partial charge in [-0.15, -0.1) is 0 Å². The molecule has 1 spiro atoms. The lowest BCUT2D eigenvalue weighted by atomic mass is 9.74. The van der Waals surface area contributed by atoms with E-state index in [2.05, 4.69) is 21.3 Å². The van der Waals surface area contributed by atoms with Gasteiger partial charge in [-0.2, -0.15) is 13.2 Å². The Balaban J connectivity index is 1.30. The highest BCUT2D eigenvalue weighted by atomic mass is 19.4. The number of nitrogens with zero attached hydrogens (tertiary/aromatic N) is 8. The van der Waals surface area contributed by atoms with Gasteiger partial charge in [0.2, 0.25) is 65.0 Å². The van der Waals surface area contributed by atoms with Gasteiger partial charge < -0.3 is 70.3 Å². The van der Waals surface area contributed by atoms with Crippen molar-refractivity contribution in [3.05, 3.63) is 82.4 Å². The fraction of sp³-hybridized carbons (Fsp3) is 0.684. The third-order valence-corrected chi connectivity index (χ3v) is 23.1. The van der Waals surface area contributed by atoms with Crippen molar-refractivity contribution in [3.8, 4) is 0 Å². The summed E-state index contributed by atoms with van der Waals surface area (Å²) in [6, 6.07) is -2.58. The van der Waals surface area contributed by atoms with Gasteiger partial charge in [0.1, 0.15) is 65.6 Å². The first-order valence-corrected chi connectivity index (χ1v) is 38.9. The van der Waals surface area contributed by atoms with Crippen LogP contribution < -0.4 is 21.3 Å². The average molecular weight is 1570 g/mol. The Bertz CT molecular complexity index is 3590. The molecule has 2 heterocycles. The number of ether oxygens (including phenoxy) is 1. The summed E-state index contributed by atoms with van der Waals surface area (Å²) in [6.07, 6.45) is -2.66. The van der Waals surface area contributed by atoms with E-state index in [9.17, 15) is 51.0 Å². The number of hydrogen-bond acceptors (Lipinski definition) is 14. The molecule has 111 heavy (non-hydrogen) atoms. The second-order valence-electron chi connectivity index (χ2n) is 31.3. The molecule has 618 valence electrons. The van der Waals surface area contributed by atoms with Crippen molar-refractivity contribution in [2.45, 2.75) is 241 Å². The maximum atomic E-state index is 15.6. The van der Waals surface area contributed by atoms with Gasteiger partial charge >= 0.3 is 6.18 Å². The highest BCUT2D eigenvalue weighted by Gasteiger charge is 2.54. The molecular formula is C79H115F7N12O13. The number of nitrogens with one attached hydrogen (secondary N) is 4.